The second kappa shape index (κ2) is 3.96. The minimum absolute atomic E-state index is 0.165. The van der Waals surface area contributed by atoms with Crippen LogP contribution in [0.5, 0.6) is 0 Å². The average molecular weight is 197 g/mol. The summed E-state index contributed by atoms with van der Waals surface area (Å²) in [6.45, 7) is -4.94. The highest BCUT2D eigenvalue weighted by Crippen LogP contribution is 2.12. The van der Waals surface area contributed by atoms with Gasteiger partial charge in [0.1, 0.15) is 6.07 Å². The molecule has 0 spiro atoms. The van der Waals surface area contributed by atoms with Crippen molar-refractivity contribution in [2.24, 2.45) is 0 Å². The first kappa shape index (κ1) is 10.3. The Hall–Kier alpha value is -1.77. The Morgan fingerprint density at radius 1 is 1.36 bits per heavy atom. The molecule has 1 heterocycles. The van der Waals surface area contributed by atoms with Gasteiger partial charge in [0.2, 0.25) is 0 Å². The van der Waals surface area contributed by atoms with Gasteiger partial charge in [0.05, 0.1) is 5.56 Å². The van der Waals surface area contributed by atoms with Crippen LogP contribution in [0.1, 0.15) is 11.1 Å². The maximum Gasteiger partial charge on any atom is 0.502 e. The largest absolute Gasteiger partial charge is 0.502 e. The monoisotopic (exact) mass is 197 g/mol. The molecule has 0 radical (unpaired) electrons. The molecule has 0 unspecified atom stereocenters. The van der Waals surface area contributed by atoms with E-state index in [0.717, 1.165) is 6.08 Å². The number of rotatable bonds is 2. The zero-order chi connectivity index (χ0) is 10.6. The number of hydrogen-bond donors (Lipinski definition) is 0. The summed E-state index contributed by atoms with van der Waals surface area (Å²) in [6.07, 6.45) is 3.45. The summed E-state index contributed by atoms with van der Waals surface area (Å²) in [5, 5.41) is 8.46. The number of nitrogens with zero attached hydrogens (tertiary/aromatic N) is 2. The van der Waals surface area contributed by atoms with Gasteiger partial charge in [-0.3, -0.25) is 4.98 Å². The number of hydrogen-bond acceptors (Lipinski definition) is 2. The van der Waals surface area contributed by atoms with Gasteiger partial charge in [-0.25, -0.2) is 0 Å². The lowest BCUT2D eigenvalue weighted by Crippen LogP contribution is -2.09. The number of nitriles is 1. The van der Waals surface area contributed by atoms with E-state index in [2.05, 4.69) is 4.98 Å². The molecule has 0 bridgehead atoms. The summed E-state index contributed by atoms with van der Waals surface area (Å²) in [7, 11) is 0. The second-order valence-corrected chi connectivity index (χ2v) is 2.60. The summed E-state index contributed by atoms with van der Waals surface area (Å²) in [5.41, 5.74) is 0.505. The summed E-state index contributed by atoms with van der Waals surface area (Å²) in [4.78, 5) is 3.62. The second-order valence-electron chi connectivity index (χ2n) is 2.60. The van der Waals surface area contributed by atoms with Crippen molar-refractivity contribution in [2.75, 3.05) is 0 Å². The molecule has 14 heavy (non-hydrogen) atoms. The molecule has 0 atom stereocenters. The summed E-state index contributed by atoms with van der Waals surface area (Å²) in [6, 6.07) is 3.13. The topological polar surface area (TPSA) is 36.7 Å². The Kier molecular flexibility index (Phi) is 2.92. The lowest BCUT2D eigenvalue weighted by molar-refractivity contribution is 0.499. The van der Waals surface area contributed by atoms with E-state index >= 15 is 0 Å². The van der Waals surface area contributed by atoms with Crippen molar-refractivity contribution in [3.8, 4) is 6.07 Å². The fraction of sp³-hybridized carbons (Fsp3) is 0. The normalized spacial score (nSPS) is 11.6. The van der Waals surface area contributed by atoms with Gasteiger partial charge in [-0.15, -0.1) is 5.98 Å². The standard InChI is InChI=1S/C8H5BF3N2/c10-9(11,12)2-1-7-3-8(4-13)6-14-5-7/h1-3,5-6H/q-1/b2-1+. The summed E-state index contributed by atoms with van der Waals surface area (Å²) in [5.74, 6) is 0.165. The van der Waals surface area contributed by atoms with Crippen molar-refractivity contribution in [1.82, 2.24) is 4.98 Å². The molecule has 0 fully saturated rings. The SMILES string of the molecule is N#Cc1cncc(/C=C/[B-](F)(F)F)c1. The molecule has 0 saturated carbocycles. The van der Waals surface area contributed by atoms with Crippen LogP contribution in [0.15, 0.2) is 24.4 Å². The lowest BCUT2D eigenvalue weighted by atomic mass is 9.91. The van der Waals surface area contributed by atoms with Crippen molar-refractivity contribution < 1.29 is 12.9 Å². The Morgan fingerprint density at radius 2 is 2.07 bits per heavy atom. The summed E-state index contributed by atoms with van der Waals surface area (Å²) < 4.78 is 35.4. The third-order valence-corrected chi connectivity index (χ3v) is 1.40. The van der Waals surface area contributed by atoms with Gasteiger partial charge in [0, 0.05) is 12.4 Å². The molecule has 2 nitrogen and oxygen atoms in total. The van der Waals surface area contributed by atoms with Gasteiger partial charge in [0.15, 0.2) is 0 Å². The molecule has 0 N–H and O–H groups in total. The van der Waals surface area contributed by atoms with E-state index in [0.29, 0.717) is 0 Å². The fourth-order valence-corrected chi connectivity index (χ4v) is 0.830. The van der Waals surface area contributed by atoms with Crippen LogP contribution in [0, 0.1) is 11.3 Å². The van der Waals surface area contributed by atoms with E-state index in [4.69, 9.17) is 5.26 Å². The van der Waals surface area contributed by atoms with Crippen molar-refractivity contribution >= 4 is 13.1 Å². The van der Waals surface area contributed by atoms with E-state index < -0.39 is 6.98 Å². The van der Waals surface area contributed by atoms with Crippen molar-refractivity contribution in [2.45, 2.75) is 0 Å². The molecule has 0 aromatic carbocycles. The van der Waals surface area contributed by atoms with Gasteiger partial charge < -0.3 is 12.9 Å². The molecule has 0 aliphatic heterocycles. The molecule has 6 heteroatoms. The van der Waals surface area contributed by atoms with E-state index in [1.165, 1.54) is 18.5 Å². The fourth-order valence-electron chi connectivity index (χ4n) is 0.830. The molecule has 1 aromatic heterocycles. The third kappa shape index (κ3) is 3.31. The number of aromatic nitrogens is 1. The van der Waals surface area contributed by atoms with Crippen molar-refractivity contribution in [3.63, 3.8) is 0 Å². The van der Waals surface area contributed by atoms with Gasteiger partial charge in [-0.1, -0.05) is 6.08 Å². The van der Waals surface area contributed by atoms with Crippen LogP contribution >= 0.6 is 0 Å². The highest BCUT2D eigenvalue weighted by Gasteiger charge is 2.16. The van der Waals surface area contributed by atoms with Gasteiger partial charge >= 0.3 is 6.98 Å². The van der Waals surface area contributed by atoms with Crippen LogP contribution in [-0.4, -0.2) is 12.0 Å². The Morgan fingerprint density at radius 3 is 2.64 bits per heavy atom. The Bertz CT molecular complexity index is 392. The molecule has 0 aliphatic carbocycles. The molecule has 0 aliphatic rings. The Balaban J connectivity index is 2.89. The zero-order valence-corrected chi connectivity index (χ0v) is 6.99. The first-order valence-electron chi connectivity index (χ1n) is 3.75. The van der Waals surface area contributed by atoms with Gasteiger partial charge in [-0.05, 0) is 11.6 Å². The highest BCUT2D eigenvalue weighted by molar-refractivity contribution is 6.64. The first-order valence-corrected chi connectivity index (χ1v) is 3.75. The average Bonchev–Trinajstić information content (AvgIpc) is 2.14. The van der Waals surface area contributed by atoms with E-state index in [-0.39, 0.29) is 17.1 Å². The molecular formula is C8H5BF3N2-. The van der Waals surface area contributed by atoms with Crippen LogP contribution in [0.4, 0.5) is 12.9 Å². The molecule has 0 saturated heterocycles. The first-order chi connectivity index (χ1) is 6.51. The molecular weight excluding hydrogens is 192 g/mol. The zero-order valence-electron chi connectivity index (χ0n) is 6.99. The van der Waals surface area contributed by atoms with Gasteiger partial charge in [0.25, 0.3) is 0 Å². The molecule has 1 aromatic rings. The van der Waals surface area contributed by atoms with E-state index in [1.807, 2.05) is 0 Å². The highest BCUT2D eigenvalue weighted by atomic mass is 19.4. The maximum absolute atomic E-state index is 11.8. The minimum atomic E-state index is -4.94. The molecule has 1 rings (SSSR count). The molecule has 72 valence electrons. The van der Waals surface area contributed by atoms with E-state index in [9.17, 15) is 12.9 Å². The predicted octanol–water partition coefficient (Wildman–Crippen LogP) is 2.35. The van der Waals surface area contributed by atoms with Crippen LogP contribution in [-0.2, 0) is 0 Å². The van der Waals surface area contributed by atoms with Gasteiger partial charge in [-0.2, -0.15) is 5.26 Å². The van der Waals surface area contributed by atoms with Crippen molar-refractivity contribution in [3.05, 3.63) is 35.6 Å². The predicted molar refractivity (Wildman–Crippen MR) is 47.1 cm³/mol. The Labute approximate surface area is 78.8 Å². The van der Waals surface area contributed by atoms with Crippen LogP contribution in [0.2, 0.25) is 0 Å². The van der Waals surface area contributed by atoms with Crippen LogP contribution in [0.3, 0.4) is 0 Å². The van der Waals surface area contributed by atoms with Crippen LogP contribution < -0.4 is 0 Å². The van der Waals surface area contributed by atoms with Crippen LogP contribution in [0.25, 0.3) is 6.08 Å². The smallest absolute Gasteiger partial charge is 0.445 e. The lowest BCUT2D eigenvalue weighted by Gasteiger charge is -2.05. The quantitative estimate of drug-likeness (QED) is 0.682. The maximum atomic E-state index is 11.8. The summed E-state index contributed by atoms with van der Waals surface area (Å²) >= 11 is 0. The van der Waals surface area contributed by atoms with Crippen molar-refractivity contribution in [1.29, 1.82) is 5.26 Å². The number of pyridine rings is 1. The third-order valence-electron chi connectivity index (χ3n) is 1.40. The van der Waals surface area contributed by atoms with E-state index in [1.54, 1.807) is 6.07 Å². The molecule has 0 amide bonds. The number of halogens is 3. The minimum Gasteiger partial charge on any atom is -0.445 e.